The average molecular weight is 364 g/mol. The fourth-order valence-electron chi connectivity index (χ4n) is 3.24. The lowest BCUT2D eigenvalue weighted by molar-refractivity contribution is 0.0697. The van der Waals surface area contributed by atoms with E-state index in [1.807, 2.05) is 18.3 Å². The van der Waals surface area contributed by atoms with Crippen molar-refractivity contribution in [3.8, 4) is 5.82 Å². The first-order valence-corrected chi connectivity index (χ1v) is 8.86. The summed E-state index contributed by atoms with van der Waals surface area (Å²) in [6.45, 7) is 1.71. The molecule has 0 spiro atoms. The van der Waals surface area contributed by atoms with Gasteiger partial charge >= 0.3 is 5.97 Å². The van der Waals surface area contributed by atoms with Gasteiger partial charge in [0.2, 0.25) is 0 Å². The number of hydrogen-bond acceptors (Lipinski definition) is 6. The van der Waals surface area contributed by atoms with Crippen molar-refractivity contribution < 1.29 is 9.90 Å². The van der Waals surface area contributed by atoms with E-state index in [9.17, 15) is 4.79 Å². The molecule has 8 nitrogen and oxygen atoms in total. The highest BCUT2D eigenvalue weighted by molar-refractivity contribution is 5.88. The molecule has 2 aromatic heterocycles. The fourth-order valence-corrected chi connectivity index (χ4v) is 3.24. The number of aromatic carboxylic acids is 1. The molecule has 0 amide bonds. The van der Waals surface area contributed by atoms with Gasteiger partial charge < -0.3 is 15.3 Å². The number of piperidine rings is 1. The second kappa shape index (κ2) is 7.45. The molecule has 3 heterocycles. The Bertz CT molecular complexity index is 919. The van der Waals surface area contributed by atoms with Crippen molar-refractivity contribution in [2.75, 3.05) is 23.3 Å². The summed E-state index contributed by atoms with van der Waals surface area (Å²) >= 11 is 0. The molecule has 1 aliphatic heterocycles. The van der Waals surface area contributed by atoms with Gasteiger partial charge in [-0.05, 0) is 37.1 Å². The minimum absolute atomic E-state index is 0.295. The third kappa shape index (κ3) is 3.89. The van der Waals surface area contributed by atoms with Crippen molar-refractivity contribution in [2.45, 2.75) is 18.9 Å². The Balaban J connectivity index is 1.39. The zero-order valence-corrected chi connectivity index (χ0v) is 14.7. The first-order valence-electron chi connectivity index (χ1n) is 8.86. The molecule has 8 heteroatoms. The van der Waals surface area contributed by atoms with Gasteiger partial charge in [0.1, 0.15) is 5.82 Å². The molecular formula is C19H20N6O2. The van der Waals surface area contributed by atoms with Gasteiger partial charge in [-0.2, -0.15) is 5.10 Å². The second-order valence-corrected chi connectivity index (χ2v) is 6.48. The van der Waals surface area contributed by atoms with Crippen molar-refractivity contribution in [2.24, 2.45) is 0 Å². The SMILES string of the molecule is O=C(O)c1cccc(NC2CCN(c3cncc(-n4cccn4)n3)CC2)c1. The minimum atomic E-state index is -0.913. The number of nitrogens with one attached hydrogen (secondary N) is 1. The average Bonchev–Trinajstić information content (AvgIpc) is 3.24. The molecule has 4 rings (SSSR count). The van der Waals surface area contributed by atoms with Crippen LogP contribution in [-0.4, -0.2) is 50.0 Å². The molecule has 1 aromatic carbocycles. The monoisotopic (exact) mass is 364 g/mol. The molecule has 1 saturated heterocycles. The highest BCUT2D eigenvalue weighted by Crippen LogP contribution is 2.21. The number of benzene rings is 1. The standard InChI is InChI=1S/C19H20N6O2/c26-19(27)14-3-1-4-16(11-14)22-15-5-9-24(10-6-15)17-12-20-13-18(23-17)25-8-2-7-21-25/h1-4,7-8,11-13,15,22H,5-6,9-10H2,(H,26,27). The molecule has 1 fully saturated rings. The largest absolute Gasteiger partial charge is 0.478 e. The van der Waals surface area contributed by atoms with Crippen LogP contribution in [0.25, 0.3) is 5.82 Å². The van der Waals surface area contributed by atoms with Crippen LogP contribution in [0.15, 0.2) is 55.1 Å². The third-order valence-electron chi connectivity index (χ3n) is 4.65. The summed E-state index contributed by atoms with van der Waals surface area (Å²) in [6.07, 6.45) is 8.90. The molecule has 0 radical (unpaired) electrons. The lowest BCUT2D eigenvalue weighted by Gasteiger charge is -2.33. The number of carboxylic acids is 1. The molecule has 138 valence electrons. The molecule has 27 heavy (non-hydrogen) atoms. The maximum atomic E-state index is 11.1. The molecule has 3 aromatic rings. The van der Waals surface area contributed by atoms with Gasteiger partial charge in [-0.15, -0.1) is 0 Å². The molecule has 0 saturated carbocycles. The van der Waals surface area contributed by atoms with Crippen molar-refractivity contribution in [1.82, 2.24) is 19.7 Å². The van der Waals surface area contributed by atoms with Gasteiger partial charge in [-0.1, -0.05) is 6.07 Å². The van der Waals surface area contributed by atoms with Crippen LogP contribution in [0.5, 0.6) is 0 Å². The second-order valence-electron chi connectivity index (χ2n) is 6.48. The van der Waals surface area contributed by atoms with Gasteiger partial charge in [0.25, 0.3) is 0 Å². The Hall–Kier alpha value is -3.42. The van der Waals surface area contributed by atoms with Crippen LogP contribution >= 0.6 is 0 Å². The van der Waals surface area contributed by atoms with Crippen LogP contribution in [0, 0.1) is 0 Å². The predicted molar refractivity (Wildman–Crippen MR) is 101 cm³/mol. The van der Waals surface area contributed by atoms with Crippen LogP contribution in [0.4, 0.5) is 11.5 Å². The fraction of sp³-hybridized carbons (Fsp3) is 0.263. The number of hydrogen-bond donors (Lipinski definition) is 2. The van der Waals surface area contributed by atoms with Crippen molar-refractivity contribution in [3.63, 3.8) is 0 Å². The Morgan fingerprint density at radius 1 is 1.15 bits per heavy atom. The van der Waals surface area contributed by atoms with Gasteiger partial charge in [0.15, 0.2) is 5.82 Å². The van der Waals surface area contributed by atoms with Gasteiger partial charge in [-0.25, -0.2) is 14.5 Å². The Morgan fingerprint density at radius 2 is 1.96 bits per heavy atom. The van der Waals surface area contributed by atoms with E-state index in [-0.39, 0.29) is 0 Å². The van der Waals surface area contributed by atoms with Crippen LogP contribution in [0.3, 0.4) is 0 Å². The third-order valence-corrected chi connectivity index (χ3v) is 4.65. The summed E-state index contributed by atoms with van der Waals surface area (Å²) in [5.74, 6) is 0.627. The number of carbonyl (C=O) groups is 1. The number of anilines is 2. The van der Waals surface area contributed by atoms with E-state index >= 15 is 0 Å². The van der Waals surface area contributed by atoms with Crippen molar-refractivity contribution >= 4 is 17.5 Å². The number of nitrogens with zero attached hydrogens (tertiary/aromatic N) is 5. The van der Waals surface area contributed by atoms with Crippen LogP contribution in [0.2, 0.25) is 0 Å². The Kier molecular flexibility index (Phi) is 4.69. The first kappa shape index (κ1) is 17.0. The maximum Gasteiger partial charge on any atom is 0.335 e. The summed E-state index contributed by atoms with van der Waals surface area (Å²) in [5, 5.41) is 16.8. The summed E-state index contributed by atoms with van der Waals surface area (Å²) in [4.78, 5) is 22.3. The summed E-state index contributed by atoms with van der Waals surface area (Å²) in [7, 11) is 0. The first-order chi connectivity index (χ1) is 13.2. The topological polar surface area (TPSA) is 96.2 Å². The minimum Gasteiger partial charge on any atom is -0.478 e. The van der Waals surface area contributed by atoms with E-state index < -0.39 is 5.97 Å². The van der Waals surface area contributed by atoms with E-state index in [2.05, 4.69) is 25.3 Å². The lowest BCUT2D eigenvalue weighted by atomic mass is 10.0. The van der Waals surface area contributed by atoms with E-state index in [0.717, 1.165) is 37.4 Å². The number of carboxylic acid groups (broad SMARTS) is 1. The zero-order valence-electron chi connectivity index (χ0n) is 14.7. The zero-order chi connectivity index (χ0) is 18.6. The molecule has 1 aliphatic rings. The van der Waals surface area contributed by atoms with Crippen molar-refractivity contribution in [3.05, 3.63) is 60.7 Å². The predicted octanol–water partition coefficient (Wildman–Crippen LogP) is 2.44. The number of rotatable bonds is 5. The smallest absolute Gasteiger partial charge is 0.335 e. The highest BCUT2D eigenvalue weighted by atomic mass is 16.4. The Morgan fingerprint density at radius 3 is 2.70 bits per heavy atom. The maximum absolute atomic E-state index is 11.1. The van der Waals surface area contributed by atoms with Gasteiger partial charge in [0, 0.05) is 37.2 Å². The molecule has 0 aliphatic carbocycles. The van der Waals surface area contributed by atoms with E-state index in [0.29, 0.717) is 17.4 Å². The molecule has 0 bridgehead atoms. The normalized spacial score (nSPS) is 14.9. The van der Waals surface area contributed by atoms with Gasteiger partial charge in [0.05, 0.1) is 18.0 Å². The van der Waals surface area contributed by atoms with E-state index in [4.69, 9.17) is 5.11 Å². The van der Waals surface area contributed by atoms with Crippen LogP contribution in [0.1, 0.15) is 23.2 Å². The molecule has 0 atom stereocenters. The summed E-state index contributed by atoms with van der Waals surface area (Å²) < 4.78 is 1.69. The molecule has 2 N–H and O–H groups in total. The molecular weight excluding hydrogens is 344 g/mol. The highest BCUT2D eigenvalue weighted by Gasteiger charge is 2.21. The van der Waals surface area contributed by atoms with Crippen molar-refractivity contribution in [1.29, 1.82) is 0 Å². The van der Waals surface area contributed by atoms with E-state index in [1.165, 1.54) is 0 Å². The van der Waals surface area contributed by atoms with Crippen LogP contribution < -0.4 is 10.2 Å². The van der Waals surface area contributed by atoms with Crippen LogP contribution in [-0.2, 0) is 0 Å². The summed E-state index contributed by atoms with van der Waals surface area (Å²) in [5.41, 5.74) is 1.14. The lowest BCUT2D eigenvalue weighted by Crippen LogP contribution is -2.39. The van der Waals surface area contributed by atoms with E-state index in [1.54, 1.807) is 41.5 Å². The number of aromatic nitrogens is 4. The quantitative estimate of drug-likeness (QED) is 0.718. The summed E-state index contributed by atoms with van der Waals surface area (Å²) in [6, 6.07) is 9.09. The van der Waals surface area contributed by atoms with Gasteiger partial charge in [-0.3, -0.25) is 4.98 Å². The Labute approximate surface area is 156 Å². The molecule has 0 unspecified atom stereocenters.